The Kier molecular flexibility index (Phi) is 4.42. The summed E-state index contributed by atoms with van der Waals surface area (Å²) in [5, 5.41) is 13.6. The topological polar surface area (TPSA) is 113 Å². The van der Waals surface area contributed by atoms with Gasteiger partial charge < -0.3 is 15.4 Å². The van der Waals surface area contributed by atoms with E-state index in [0.29, 0.717) is 11.1 Å². The van der Waals surface area contributed by atoms with Crippen LogP contribution in [0, 0.1) is 16.7 Å². The van der Waals surface area contributed by atoms with Gasteiger partial charge in [-0.05, 0) is 29.3 Å². The SMILES string of the molecule is COC(=O)[C@@]1(C#N)[C@H](c2ccsc2)[C@H](C(N)=O)N2C=C(C(C)=O)C=C[C@H]21. The van der Waals surface area contributed by atoms with Crippen LogP contribution in [0.15, 0.2) is 40.8 Å². The third kappa shape index (κ3) is 2.35. The van der Waals surface area contributed by atoms with Crippen molar-refractivity contribution in [3.05, 3.63) is 46.3 Å². The molecule has 0 saturated carbocycles. The molecule has 0 radical (unpaired) electrons. The van der Waals surface area contributed by atoms with Crippen molar-refractivity contribution in [1.29, 1.82) is 5.26 Å². The monoisotopic (exact) mass is 371 g/mol. The number of rotatable bonds is 4. The number of hydrogen-bond acceptors (Lipinski definition) is 7. The van der Waals surface area contributed by atoms with Gasteiger partial charge in [0.25, 0.3) is 0 Å². The van der Waals surface area contributed by atoms with Crippen molar-refractivity contribution in [3.63, 3.8) is 0 Å². The molecule has 2 aliphatic rings. The van der Waals surface area contributed by atoms with Crippen LogP contribution in [0.2, 0.25) is 0 Å². The molecule has 1 fully saturated rings. The summed E-state index contributed by atoms with van der Waals surface area (Å²) in [6, 6.07) is 2.13. The van der Waals surface area contributed by atoms with E-state index in [0.717, 1.165) is 0 Å². The second-order valence-corrected chi connectivity index (χ2v) is 7.03. The molecule has 8 heteroatoms. The predicted octanol–water partition coefficient (Wildman–Crippen LogP) is 1.10. The Morgan fingerprint density at radius 2 is 2.15 bits per heavy atom. The number of Topliss-reactive ketones (excluding diaryl/α,β-unsaturated/α-hetero) is 1. The van der Waals surface area contributed by atoms with Crippen molar-refractivity contribution >= 4 is 29.0 Å². The molecule has 2 N–H and O–H groups in total. The molecule has 2 aliphatic heterocycles. The van der Waals surface area contributed by atoms with Crippen LogP contribution in [0.4, 0.5) is 0 Å². The minimum absolute atomic E-state index is 0.192. The van der Waals surface area contributed by atoms with Crippen molar-refractivity contribution in [1.82, 2.24) is 4.90 Å². The maximum absolute atomic E-state index is 12.8. The average molecular weight is 371 g/mol. The van der Waals surface area contributed by atoms with Crippen LogP contribution < -0.4 is 5.73 Å². The molecule has 26 heavy (non-hydrogen) atoms. The molecule has 3 heterocycles. The highest BCUT2D eigenvalue weighted by molar-refractivity contribution is 7.08. The van der Waals surface area contributed by atoms with E-state index in [1.165, 1.54) is 31.6 Å². The van der Waals surface area contributed by atoms with E-state index in [2.05, 4.69) is 6.07 Å². The van der Waals surface area contributed by atoms with E-state index in [1.54, 1.807) is 33.9 Å². The van der Waals surface area contributed by atoms with Crippen molar-refractivity contribution in [2.75, 3.05) is 7.11 Å². The number of carbonyl (C=O) groups is 3. The molecule has 0 unspecified atom stereocenters. The van der Waals surface area contributed by atoms with Crippen LogP contribution in [-0.2, 0) is 19.1 Å². The minimum atomic E-state index is -1.66. The van der Waals surface area contributed by atoms with Gasteiger partial charge >= 0.3 is 5.97 Å². The maximum Gasteiger partial charge on any atom is 0.329 e. The number of ketones is 1. The number of ether oxygens (including phenoxy) is 1. The summed E-state index contributed by atoms with van der Waals surface area (Å²) in [4.78, 5) is 38.4. The number of thiophene rings is 1. The van der Waals surface area contributed by atoms with Gasteiger partial charge in [0.2, 0.25) is 5.91 Å². The smallest absolute Gasteiger partial charge is 0.329 e. The van der Waals surface area contributed by atoms with Gasteiger partial charge in [-0.15, -0.1) is 0 Å². The summed E-state index contributed by atoms with van der Waals surface area (Å²) < 4.78 is 4.95. The van der Waals surface area contributed by atoms with E-state index in [-0.39, 0.29) is 5.78 Å². The molecule has 0 spiro atoms. The zero-order valence-electron chi connectivity index (χ0n) is 14.2. The Morgan fingerprint density at radius 3 is 2.65 bits per heavy atom. The fourth-order valence-electron chi connectivity index (χ4n) is 3.84. The zero-order chi connectivity index (χ0) is 19.1. The number of nitriles is 1. The van der Waals surface area contributed by atoms with Crippen molar-refractivity contribution < 1.29 is 19.1 Å². The number of carbonyl (C=O) groups excluding carboxylic acids is 3. The first-order valence-corrected chi connectivity index (χ1v) is 8.82. The van der Waals surface area contributed by atoms with Crippen LogP contribution >= 0.6 is 11.3 Å². The molecule has 1 amide bonds. The van der Waals surface area contributed by atoms with Crippen molar-refractivity contribution in [3.8, 4) is 6.07 Å². The fraction of sp³-hybridized carbons (Fsp3) is 0.333. The highest BCUT2D eigenvalue weighted by atomic mass is 32.1. The molecule has 7 nitrogen and oxygen atoms in total. The summed E-state index contributed by atoms with van der Waals surface area (Å²) in [5.41, 5.74) is 5.03. The lowest BCUT2D eigenvalue weighted by Crippen LogP contribution is -2.45. The first kappa shape index (κ1) is 17.9. The number of nitrogens with zero attached hydrogens (tertiary/aromatic N) is 2. The molecule has 0 aromatic carbocycles. The summed E-state index contributed by atoms with van der Waals surface area (Å²) in [6.07, 6.45) is 4.66. The highest BCUT2D eigenvalue weighted by Gasteiger charge is 2.66. The average Bonchev–Trinajstić information content (AvgIpc) is 3.24. The third-order valence-electron chi connectivity index (χ3n) is 4.97. The summed E-state index contributed by atoms with van der Waals surface area (Å²) in [6.45, 7) is 1.40. The van der Waals surface area contributed by atoms with Gasteiger partial charge in [0.1, 0.15) is 6.04 Å². The fourth-order valence-corrected chi connectivity index (χ4v) is 4.53. The number of fused-ring (bicyclic) bond motifs is 1. The molecule has 4 atom stereocenters. The van der Waals surface area contributed by atoms with Gasteiger partial charge in [-0.25, -0.2) is 0 Å². The Hall–Kier alpha value is -2.92. The van der Waals surface area contributed by atoms with Crippen LogP contribution in [0.3, 0.4) is 0 Å². The first-order valence-electron chi connectivity index (χ1n) is 7.88. The first-order chi connectivity index (χ1) is 12.4. The van der Waals surface area contributed by atoms with E-state index in [4.69, 9.17) is 10.5 Å². The number of allylic oxidation sites excluding steroid dienone is 2. The van der Waals surface area contributed by atoms with Gasteiger partial charge in [-0.2, -0.15) is 16.6 Å². The maximum atomic E-state index is 12.8. The number of methoxy groups -OCH3 is 1. The van der Waals surface area contributed by atoms with Gasteiger partial charge in [0.15, 0.2) is 11.2 Å². The molecule has 0 aliphatic carbocycles. The number of nitrogens with two attached hydrogens (primary N) is 1. The van der Waals surface area contributed by atoms with Crippen LogP contribution in [0.25, 0.3) is 0 Å². The summed E-state index contributed by atoms with van der Waals surface area (Å²) >= 11 is 1.39. The summed E-state index contributed by atoms with van der Waals surface area (Å²) in [5.74, 6) is -2.43. The Bertz CT molecular complexity index is 867. The molecule has 1 aromatic rings. The van der Waals surface area contributed by atoms with Gasteiger partial charge in [-0.1, -0.05) is 12.2 Å². The lowest BCUT2D eigenvalue weighted by atomic mass is 9.69. The van der Waals surface area contributed by atoms with Crippen LogP contribution in [0.5, 0.6) is 0 Å². The number of amides is 1. The van der Waals surface area contributed by atoms with Gasteiger partial charge in [0, 0.05) is 17.7 Å². The van der Waals surface area contributed by atoms with Gasteiger partial charge in [-0.3, -0.25) is 14.4 Å². The van der Waals surface area contributed by atoms with E-state index >= 15 is 0 Å². The molecule has 134 valence electrons. The standard InChI is InChI=1S/C18H17N3O4S/c1-10(22)11-3-4-13-18(9-19,17(24)25-2)14(12-5-6-26-8-12)15(16(20)23)21(13)7-11/h3-8,13-15H,1-2H3,(H2,20,23)/t13-,14+,15+,18+/m0/s1. The van der Waals surface area contributed by atoms with E-state index in [9.17, 15) is 19.6 Å². The number of esters is 1. The molecule has 1 aromatic heterocycles. The molecular formula is C18H17N3O4S. The second kappa shape index (κ2) is 6.42. The highest BCUT2D eigenvalue weighted by Crippen LogP contribution is 2.53. The predicted molar refractivity (Wildman–Crippen MR) is 93.6 cm³/mol. The Labute approximate surface area is 154 Å². The third-order valence-corrected chi connectivity index (χ3v) is 5.67. The number of hydrogen-bond donors (Lipinski definition) is 1. The molecule has 1 saturated heterocycles. The minimum Gasteiger partial charge on any atom is -0.468 e. The van der Waals surface area contributed by atoms with E-state index < -0.39 is 35.3 Å². The molecular weight excluding hydrogens is 354 g/mol. The second-order valence-electron chi connectivity index (χ2n) is 6.25. The zero-order valence-corrected chi connectivity index (χ0v) is 15.0. The quantitative estimate of drug-likeness (QED) is 0.793. The number of primary amides is 1. The normalized spacial score (nSPS) is 29.5. The lowest BCUT2D eigenvalue weighted by Gasteiger charge is -2.32. The summed E-state index contributed by atoms with van der Waals surface area (Å²) in [7, 11) is 1.21. The van der Waals surface area contributed by atoms with Crippen molar-refractivity contribution in [2.24, 2.45) is 11.1 Å². The van der Waals surface area contributed by atoms with Gasteiger partial charge in [0.05, 0.1) is 19.2 Å². The molecule has 0 bridgehead atoms. The lowest BCUT2D eigenvalue weighted by molar-refractivity contribution is -0.150. The van der Waals surface area contributed by atoms with Crippen LogP contribution in [0.1, 0.15) is 18.4 Å². The Morgan fingerprint density at radius 1 is 1.42 bits per heavy atom. The van der Waals surface area contributed by atoms with Crippen LogP contribution in [-0.4, -0.2) is 41.8 Å². The largest absolute Gasteiger partial charge is 0.468 e. The van der Waals surface area contributed by atoms with E-state index in [1.807, 2.05) is 0 Å². The van der Waals surface area contributed by atoms with Crippen molar-refractivity contribution in [2.45, 2.75) is 24.9 Å². The Balaban J connectivity index is 2.28. The molecule has 3 rings (SSSR count).